The zero-order valence-corrected chi connectivity index (χ0v) is 10.2. The summed E-state index contributed by atoms with van der Waals surface area (Å²) in [7, 11) is 0. The third-order valence-electron chi connectivity index (χ3n) is 2.86. The standard InChI is InChI=1S/C12H16BrNO/c13-10-5-2-1-4-9(10)8-11(14)12-6-3-7-15-12/h1-2,4-5,11-12H,3,6-8,14H2. The van der Waals surface area contributed by atoms with E-state index in [9.17, 15) is 0 Å². The van der Waals surface area contributed by atoms with E-state index in [0.29, 0.717) is 0 Å². The van der Waals surface area contributed by atoms with E-state index in [1.807, 2.05) is 12.1 Å². The van der Waals surface area contributed by atoms with Crippen LogP contribution in [-0.4, -0.2) is 18.8 Å². The lowest BCUT2D eigenvalue weighted by atomic mass is 10.0. The van der Waals surface area contributed by atoms with Crippen molar-refractivity contribution >= 4 is 15.9 Å². The molecule has 0 spiro atoms. The summed E-state index contributed by atoms with van der Waals surface area (Å²) in [5.74, 6) is 0. The van der Waals surface area contributed by atoms with Crippen LogP contribution in [0.2, 0.25) is 0 Å². The van der Waals surface area contributed by atoms with Crippen LogP contribution in [0.3, 0.4) is 0 Å². The molecule has 1 heterocycles. The molecule has 1 fully saturated rings. The zero-order chi connectivity index (χ0) is 10.7. The van der Waals surface area contributed by atoms with Crippen LogP contribution in [0.4, 0.5) is 0 Å². The highest BCUT2D eigenvalue weighted by molar-refractivity contribution is 9.10. The van der Waals surface area contributed by atoms with Crippen molar-refractivity contribution in [1.82, 2.24) is 0 Å². The van der Waals surface area contributed by atoms with Crippen molar-refractivity contribution in [3.8, 4) is 0 Å². The van der Waals surface area contributed by atoms with Crippen LogP contribution < -0.4 is 5.73 Å². The van der Waals surface area contributed by atoms with E-state index >= 15 is 0 Å². The highest BCUT2D eigenvalue weighted by atomic mass is 79.9. The van der Waals surface area contributed by atoms with Gasteiger partial charge in [-0.25, -0.2) is 0 Å². The maximum Gasteiger partial charge on any atom is 0.0730 e. The number of ether oxygens (including phenoxy) is 1. The zero-order valence-electron chi connectivity index (χ0n) is 8.66. The lowest BCUT2D eigenvalue weighted by Gasteiger charge is -2.18. The largest absolute Gasteiger partial charge is 0.377 e. The molecule has 2 atom stereocenters. The van der Waals surface area contributed by atoms with E-state index in [-0.39, 0.29) is 12.1 Å². The molecule has 82 valence electrons. The van der Waals surface area contributed by atoms with Gasteiger partial charge in [-0.3, -0.25) is 0 Å². The first-order valence-corrected chi connectivity index (χ1v) is 6.17. The first-order chi connectivity index (χ1) is 7.27. The Hall–Kier alpha value is -0.380. The molecule has 15 heavy (non-hydrogen) atoms. The van der Waals surface area contributed by atoms with Gasteiger partial charge in [0, 0.05) is 17.1 Å². The molecule has 1 aliphatic heterocycles. The average molecular weight is 270 g/mol. The number of halogens is 1. The van der Waals surface area contributed by atoms with Crippen molar-refractivity contribution in [3.63, 3.8) is 0 Å². The molecular weight excluding hydrogens is 254 g/mol. The van der Waals surface area contributed by atoms with Crippen LogP contribution in [0, 0.1) is 0 Å². The maximum absolute atomic E-state index is 6.13. The molecule has 0 radical (unpaired) electrons. The Kier molecular flexibility index (Phi) is 3.78. The second kappa shape index (κ2) is 5.10. The van der Waals surface area contributed by atoms with Crippen molar-refractivity contribution in [2.75, 3.05) is 6.61 Å². The summed E-state index contributed by atoms with van der Waals surface area (Å²) in [4.78, 5) is 0. The normalized spacial score (nSPS) is 22.9. The first-order valence-electron chi connectivity index (χ1n) is 5.38. The highest BCUT2D eigenvalue weighted by Crippen LogP contribution is 2.21. The second-order valence-corrected chi connectivity index (χ2v) is 4.87. The Morgan fingerprint density at radius 3 is 2.93 bits per heavy atom. The molecule has 3 heteroatoms. The van der Waals surface area contributed by atoms with Gasteiger partial charge in [-0.05, 0) is 30.9 Å². The predicted molar refractivity (Wildman–Crippen MR) is 64.8 cm³/mol. The Balaban J connectivity index is 1.99. The third-order valence-corrected chi connectivity index (χ3v) is 3.63. The van der Waals surface area contributed by atoms with Crippen molar-refractivity contribution in [2.45, 2.75) is 31.4 Å². The Morgan fingerprint density at radius 2 is 2.27 bits per heavy atom. The quantitative estimate of drug-likeness (QED) is 0.915. The molecule has 0 amide bonds. The molecule has 1 aliphatic rings. The molecule has 1 aromatic rings. The molecule has 2 unspecified atom stereocenters. The summed E-state index contributed by atoms with van der Waals surface area (Å²) < 4.78 is 6.72. The van der Waals surface area contributed by atoms with Gasteiger partial charge >= 0.3 is 0 Å². The van der Waals surface area contributed by atoms with Gasteiger partial charge in [0.05, 0.1) is 6.10 Å². The third kappa shape index (κ3) is 2.80. The van der Waals surface area contributed by atoms with E-state index < -0.39 is 0 Å². The Morgan fingerprint density at radius 1 is 1.47 bits per heavy atom. The number of hydrogen-bond donors (Lipinski definition) is 1. The van der Waals surface area contributed by atoms with Gasteiger partial charge in [-0.2, -0.15) is 0 Å². The number of nitrogens with two attached hydrogens (primary N) is 1. The van der Waals surface area contributed by atoms with Gasteiger partial charge in [0.15, 0.2) is 0 Å². The monoisotopic (exact) mass is 269 g/mol. The van der Waals surface area contributed by atoms with Crippen LogP contribution in [0.5, 0.6) is 0 Å². The summed E-state index contributed by atoms with van der Waals surface area (Å²) in [6.45, 7) is 0.869. The van der Waals surface area contributed by atoms with Gasteiger partial charge in [0.1, 0.15) is 0 Å². The molecule has 0 aliphatic carbocycles. The fraction of sp³-hybridized carbons (Fsp3) is 0.500. The number of rotatable bonds is 3. The molecule has 0 aromatic heterocycles. The van der Waals surface area contributed by atoms with Gasteiger partial charge in [-0.1, -0.05) is 34.1 Å². The smallest absolute Gasteiger partial charge is 0.0730 e. The molecule has 0 saturated carbocycles. The van der Waals surface area contributed by atoms with Crippen LogP contribution in [-0.2, 0) is 11.2 Å². The van der Waals surface area contributed by atoms with Crippen molar-refractivity contribution in [1.29, 1.82) is 0 Å². The number of hydrogen-bond acceptors (Lipinski definition) is 2. The average Bonchev–Trinajstić information content (AvgIpc) is 2.74. The van der Waals surface area contributed by atoms with Crippen molar-refractivity contribution < 1.29 is 4.74 Å². The highest BCUT2D eigenvalue weighted by Gasteiger charge is 2.23. The Labute approximate surface area is 98.9 Å². The molecule has 0 bridgehead atoms. The minimum absolute atomic E-state index is 0.117. The molecule has 1 saturated heterocycles. The minimum atomic E-state index is 0.117. The fourth-order valence-corrected chi connectivity index (χ4v) is 2.44. The molecule has 2 N–H and O–H groups in total. The van der Waals surface area contributed by atoms with E-state index in [4.69, 9.17) is 10.5 Å². The van der Waals surface area contributed by atoms with Gasteiger partial charge in [-0.15, -0.1) is 0 Å². The minimum Gasteiger partial charge on any atom is -0.377 e. The molecule has 1 aromatic carbocycles. The van der Waals surface area contributed by atoms with Crippen LogP contribution in [0.1, 0.15) is 18.4 Å². The van der Waals surface area contributed by atoms with E-state index in [2.05, 4.69) is 28.1 Å². The number of benzene rings is 1. The first kappa shape index (κ1) is 11.1. The van der Waals surface area contributed by atoms with Gasteiger partial charge in [0.25, 0.3) is 0 Å². The van der Waals surface area contributed by atoms with Crippen LogP contribution in [0.25, 0.3) is 0 Å². The lowest BCUT2D eigenvalue weighted by molar-refractivity contribution is 0.0900. The van der Waals surface area contributed by atoms with Crippen LogP contribution >= 0.6 is 15.9 Å². The second-order valence-electron chi connectivity index (χ2n) is 4.01. The van der Waals surface area contributed by atoms with Crippen LogP contribution in [0.15, 0.2) is 28.7 Å². The molecule has 2 nitrogen and oxygen atoms in total. The SMILES string of the molecule is NC(Cc1ccccc1Br)C1CCCO1. The Bertz CT molecular complexity index is 323. The summed E-state index contributed by atoms with van der Waals surface area (Å²) >= 11 is 3.54. The summed E-state index contributed by atoms with van der Waals surface area (Å²) in [5.41, 5.74) is 7.40. The molecule has 2 rings (SSSR count). The maximum atomic E-state index is 6.13. The topological polar surface area (TPSA) is 35.2 Å². The van der Waals surface area contributed by atoms with Gasteiger partial charge in [0.2, 0.25) is 0 Å². The summed E-state index contributed by atoms with van der Waals surface area (Å²) in [6.07, 6.45) is 3.38. The fourth-order valence-electron chi connectivity index (χ4n) is 1.99. The van der Waals surface area contributed by atoms with Gasteiger partial charge < -0.3 is 10.5 Å². The van der Waals surface area contributed by atoms with Crippen molar-refractivity contribution in [3.05, 3.63) is 34.3 Å². The lowest BCUT2D eigenvalue weighted by Crippen LogP contribution is -2.36. The van der Waals surface area contributed by atoms with E-state index in [0.717, 1.165) is 30.3 Å². The van der Waals surface area contributed by atoms with E-state index in [1.54, 1.807) is 0 Å². The predicted octanol–water partition coefficient (Wildman–Crippen LogP) is 2.50. The summed E-state index contributed by atoms with van der Waals surface area (Å²) in [5, 5.41) is 0. The van der Waals surface area contributed by atoms with E-state index in [1.165, 1.54) is 5.56 Å². The van der Waals surface area contributed by atoms with Crippen molar-refractivity contribution in [2.24, 2.45) is 5.73 Å². The molecular formula is C12H16BrNO. The summed E-state index contributed by atoms with van der Waals surface area (Å²) in [6, 6.07) is 8.34.